The molecule has 0 spiro atoms. The summed E-state index contributed by atoms with van der Waals surface area (Å²) in [5.74, 6) is -0.941. The first-order valence-electron chi connectivity index (χ1n) is 9.57. The number of aryl methyl sites for hydroxylation is 1. The van der Waals surface area contributed by atoms with Gasteiger partial charge in [0.1, 0.15) is 6.04 Å². The number of halogens is 1. The third-order valence-corrected chi connectivity index (χ3v) is 5.56. The summed E-state index contributed by atoms with van der Waals surface area (Å²) in [5, 5.41) is 12.3. The SMILES string of the molecule is Cc1ccccc1C(=O)NC1CCN(C(=O)CN2CCCC2C(=O)O)CC1.Cl. The van der Waals surface area contributed by atoms with Crippen LogP contribution in [0.4, 0.5) is 0 Å². The van der Waals surface area contributed by atoms with Crippen LogP contribution in [-0.4, -0.2) is 71.0 Å². The van der Waals surface area contributed by atoms with Gasteiger partial charge in [0.05, 0.1) is 6.54 Å². The van der Waals surface area contributed by atoms with Crippen LogP contribution in [0, 0.1) is 6.92 Å². The number of amides is 2. The molecule has 1 atom stereocenters. The first-order valence-corrected chi connectivity index (χ1v) is 9.57. The van der Waals surface area contributed by atoms with Crippen molar-refractivity contribution in [2.75, 3.05) is 26.2 Å². The molecule has 0 saturated carbocycles. The van der Waals surface area contributed by atoms with E-state index in [1.165, 1.54) is 0 Å². The molecule has 0 bridgehead atoms. The van der Waals surface area contributed by atoms with Crippen LogP contribution in [-0.2, 0) is 9.59 Å². The summed E-state index contributed by atoms with van der Waals surface area (Å²) >= 11 is 0. The number of carboxylic acids is 1. The number of benzene rings is 1. The number of carboxylic acid groups (broad SMARTS) is 1. The van der Waals surface area contributed by atoms with Gasteiger partial charge in [-0.15, -0.1) is 12.4 Å². The molecule has 28 heavy (non-hydrogen) atoms. The number of nitrogens with one attached hydrogen (secondary N) is 1. The van der Waals surface area contributed by atoms with E-state index >= 15 is 0 Å². The smallest absolute Gasteiger partial charge is 0.320 e. The molecule has 3 rings (SSSR count). The van der Waals surface area contributed by atoms with E-state index in [1.54, 1.807) is 9.80 Å². The molecule has 2 saturated heterocycles. The number of aliphatic carboxylic acids is 1. The molecule has 1 aromatic rings. The highest BCUT2D eigenvalue weighted by molar-refractivity contribution is 5.95. The second-order valence-corrected chi connectivity index (χ2v) is 7.41. The van der Waals surface area contributed by atoms with Crippen LogP contribution in [0.3, 0.4) is 0 Å². The predicted octanol–water partition coefficient (Wildman–Crippen LogP) is 1.69. The van der Waals surface area contributed by atoms with Gasteiger partial charge >= 0.3 is 5.97 Å². The molecule has 2 heterocycles. The molecular formula is C20H28ClN3O4. The summed E-state index contributed by atoms with van der Waals surface area (Å²) in [6, 6.07) is 7.01. The summed E-state index contributed by atoms with van der Waals surface area (Å²) in [7, 11) is 0. The largest absolute Gasteiger partial charge is 0.480 e. The van der Waals surface area contributed by atoms with E-state index in [0.717, 1.165) is 12.0 Å². The molecule has 0 radical (unpaired) electrons. The second kappa shape index (κ2) is 9.89. The lowest BCUT2D eigenvalue weighted by molar-refractivity contribution is -0.143. The lowest BCUT2D eigenvalue weighted by Crippen LogP contribution is -2.50. The zero-order chi connectivity index (χ0) is 19.4. The third-order valence-electron chi connectivity index (χ3n) is 5.56. The van der Waals surface area contributed by atoms with Crippen molar-refractivity contribution in [2.45, 2.75) is 44.7 Å². The molecule has 2 aliphatic heterocycles. The summed E-state index contributed by atoms with van der Waals surface area (Å²) in [6.07, 6.45) is 2.85. The Morgan fingerprint density at radius 3 is 2.43 bits per heavy atom. The van der Waals surface area contributed by atoms with Crippen LogP contribution in [0.5, 0.6) is 0 Å². The van der Waals surface area contributed by atoms with Crippen molar-refractivity contribution < 1.29 is 19.5 Å². The van der Waals surface area contributed by atoms with Gasteiger partial charge in [0.2, 0.25) is 5.91 Å². The average molecular weight is 410 g/mol. The molecule has 2 amide bonds. The highest BCUT2D eigenvalue weighted by atomic mass is 35.5. The Balaban J connectivity index is 0.00000280. The van der Waals surface area contributed by atoms with Crippen molar-refractivity contribution in [3.63, 3.8) is 0 Å². The van der Waals surface area contributed by atoms with Crippen molar-refractivity contribution in [1.82, 2.24) is 15.1 Å². The van der Waals surface area contributed by atoms with Crippen LogP contribution in [0.2, 0.25) is 0 Å². The van der Waals surface area contributed by atoms with E-state index < -0.39 is 12.0 Å². The molecule has 0 aliphatic carbocycles. The molecule has 8 heteroatoms. The van der Waals surface area contributed by atoms with E-state index in [1.807, 2.05) is 31.2 Å². The van der Waals surface area contributed by atoms with Gasteiger partial charge in [-0.3, -0.25) is 19.3 Å². The van der Waals surface area contributed by atoms with E-state index in [2.05, 4.69) is 5.32 Å². The van der Waals surface area contributed by atoms with Crippen molar-refractivity contribution in [3.8, 4) is 0 Å². The molecule has 1 unspecified atom stereocenters. The summed E-state index contributed by atoms with van der Waals surface area (Å²) in [6.45, 7) is 3.91. The normalized spacial score (nSPS) is 20.5. The quantitative estimate of drug-likeness (QED) is 0.772. The van der Waals surface area contributed by atoms with Crippen molar-refractivity contribution in [1.29, 1.82) is 0 Å². The Bertz CT molecular complexity index is 719. The van der Waals surface area contributed by atoms with Crippen LogP contribution in [0.15, 0.2) is 24.3 Å². The molecular weight excluding hydrogens is 382 g/mol. The number of carbonyl (C=O) groups excluding carboxylic acids is 2. The van der Waals surface area contributed by atoms with Gasteiger partial charge in [-0.1, -0.05) is 18.2 Å². The molecule has 2 fully saturated rings. The van der Waals surface area contributed by atoms with Gasteiger partial charge in [0.25, 0.3) is 5.91 Å². The van der Waals surface area contributed by atoms with E-state index in [9.17, 15) is 19.5 Å². The number of piperidine rings is 1. The van der Waals surface area contributed by atoms with Gasteiger partial charge in [-0.25, -0.2) is 0 Å². The fraction of sp³-hybridized carbons (Fsp3) is 0.550. The Morgan fingerprint density at radius 2 is 1.79 bits per heavy atom. The maximum absolute atomic E-state index is 12.5. The molecule has 0 aromatic heterocycles. The number of hydrogen-bond donors (Lipinski definition) is 2. The minimum atomic E-state index is -0.849. The van der Waals surface area contributed by atoms with E-state index in [0.29, 0.717) is 44.5 Å². The Kier molecular flexibility index (Phi) is 7.83. The molecule has 2 N–H and O–H groups in total. The van der Waals surface area contributed by atoms with Crippen molar-refractivity contribution in [3.05, 3.63) is 35.4 Å². The molecule has 1 aromatic carbocycles. The number of hydrogen-bond acceptors (Lipinski definition) is 4. The predicted molar refractivity (Wildman–Crippen MR) is 108 cm³/mol. The lowest BCUT2D eigenvalue weighted by atomic mass is 10.0. The molecule has 2 aliphatic rings. The van der Waals surface area contributed by atoms with E-state index in [-0.39, 0.29) is 36.8 Å². The zero-order valence-electron chi connectivity index (χ0n) is 16.1. The second-order valence-electron chi connectivity index (χ2n) is 7.41. The summed E-state index contributed by atoms with van der Waals surface area (Å²) in [4.78, 5) is 39.7. The van der Waals surface area contributed by atoms with Crippen LogP contribution >= 0.6 is 12.4 Å². The fourth-order valence-corrected chi connectivity index (χ4v) is 3.93. The van der Waals surface area contributed by atoms with Gasteiger partial charge < -0.3 is 15.3 Å². The minimum Gasteiger partial charge on any atom is -0.480 e. The summed E-state index contributed by atoms with van der Waals surface area (Å²) in [5.41, 5.74) is 1.63. The minimum absolute atomic E-state index is 0. The number of carbonyl (C=O) groups is 3. The zero-order valence-corrected chi connectivity index (χ0v) is 16.9. The van der Waals surface area contributed by atoms with E-state index in [4.69, 9.17) is 0 Å². The highest BCUT2D eigenvalue weighted by Gasteiger charge is 2.33. The maximum atomic E-state index is 12.5. The van der Waals surface area contributed by atoms with Gasteiger partial charge in [0, 0.05) is 24.7 Å². The Morgan fingerprint density at radius 1 is 1.11 bits per heavy atom. The third kappa shape index (κ3) is 5.23. The summed E-state index contributed by atoms with van der Waals surface area (Å²) < 4.78 is 0. The topological polar surface area (TPSA) is 90.0 Å². The van der Waals surface area contributed by atoms with Crippen LogP contribution < -0.4 is 5.32 Å². The first kappa shape index (κ1) is 22.2. The van der Waals surface area contributed by atoms with Crippen molar-refractivity contribution >= 4 is 30.2 Å². The average Bonchev–Trinajstić information content (AvgIpc) is 3.11. The van der Waals surface area contributed by atoms with Gasteiger partial charge in [-0.2, -0.15) is 0 Å². The monoisotopic (exact) mass is 409 g/mol. The Hall–Kier alpha value is -2.12. The molecule has 154 valence electrons. The Labute approximate surface area is 171 Å². The fourth-order valence-electron chi connectivity index (χ4n) is 3.93. The maximum Gasteiger partial charge on any atom is 0.320 e. The van der Waals surface area contributed by atoms with Gasteiger partial charge in [0.15, 0.2) is 0 Å². The van der Waals surface area contributed by atoms with Crippen molar-refractivity contribution in [2.24, 2.45) is 0 Å². The van der Waals surface area contributed by atoms with Crippen LogP contribution in [0.1, 0.15) is 41.6 Å². The van der Waals surface area contributed by atoms with Gasteiger partial charge in [-0.05, 0) is 50.8 Å². The lowest BCUT2D eigenvalue weighted by Gasteiger charge is -2.34. The number of likely N-dealkylation sites (tertiary alicyclic amines) is 2. The number of rotatable bonds is 5. The number of nitrogens with zero attached hydrogens (tertiary/aromatic N) is 2. The first-order chi connectivity index (χ1) is 13.0. The molecule has 7 nitrogen and oxygen atoms in total. The van der Waals surface area contributed by atoms with Crippen LogP contribution in [0.25, 0.3) is 0 Å². The standard InChI is InChI=1S/C20H27N3O4.ClH/c1-14-5-2-3-6-16(14)19(25)21-15-8-11-22(12-9-15)18(24)13-23-10-4-7-17(23)20(26)27;/h2-3,5-6,15,17H,4,7-13H2,1H3,(H,21,25)(H,26,27);1H. The highest BCUT2D eigenvalue weighted by Crippen LogP contribution is 2.18.